The van der Waals surface area contributed by atoms with Crippen molar-refractivity contribution < 1.29 is 22.7 Å². The molecule has 0 spiro atoms. The molecule has 1 aromatic carbocycles. The van der Waals surface area contributed by atoms with Gasteiger partial charge in [-0.2, -0.15) is 0 Å². The second-order valence-corrected chi connectivity index (χ2v) is 9.13. The molecular formula is C25H22F3N5O2S. The smallest absolute Gasteiger partial charge is 0.404 e. The molecule has 5 rings (SSSR count). The Balaban J connectivity index is 1.31. The average Bonchev–Trinajstić information content (AvgIpc) is 3.60. The van der Waals surface area contributed by atoms with Crippen LogP contribution in [0.5, 0.6) is 5.75 Å². The number of aromatic nitrogens is 3. The van der Waals surface area contributed by atoms with Gasteiger partial charge in [0.25, 0.3) is 5.91 Å². The largest absolute Gasteiger partial charge is 0.573 e. The highest BCUT2D eigenvalue weighted by Gasteiger charge is 2.35. The van der Waals surface area contributed by atoms with Gasteiger partial charge in [-0.25, -0.2) is 4.98 Å². The van der Waals surface area contributed by atoms with Crippen molar-refractivity contribution in [1.29, 1.82) is 0 Å². The van der Waals surface area contributed by atoms with Gasteiger partial charge in [-0.1, -0.05) is 12.1 Å². The van der Waals surface area contributed by atoms with E-state index < -0.39 is 6.36 Å². The Bertz CT molecular complexity index is 1340. The number of benzene rings is 1. The summed E-state index contributed by atoms with van der Waals surface area (Å²) < 4.78 is 44.9. The monoisotopic (exact) mass is 513 g/mol. The van der Waals surface area contributed by atoms with E-state index in [4.69, 9.17) is 0 Å². The van der Waals surface area contributed by atoms with E-state index in [0.717, 1.165) is 18.4 Å². The molecule has 0 bridgehead atoms. The van der Waals surface area contributed by atoms with Crippen molar-refractivity contribution in [3.8, 4) is 5.75 Å². The Kier molecular flexibility index (Phi) is 6.64. The van der Waals surface area contributed by atoms with Crippen LogP contribution in [0, 0.1) is 0 Å². The molecule has 3 aromatic heterocycles. The van der Waals surface area contributed by atoms with E-state index in [1.54, 1.807) is 36.7 Å². The first-order chi connectivity index (χ1) is 17.4. The Morgan fingerprint density at radius 3 is 2.75 bits per heavy atom. The average molecular weight is 514 g/mol. The number of hydrogen-bond acceptors (Lipinski definition) is 6. The highest BCUT2D eigenvalue weighted by Crippen LogP contribution is 2.42. The predicted molar refractivity (Wildman–Crippen MR) is 130 cm³/mol. The molecule has 1 N–H and O–H groups in total. The van der Waals surface area contributed by atoms with Crippen LogP contribution in [0.1, 0.15) is 40.6 Å². The zero-order valence-corrected chi connectivity index (χ0v) is 19.8. The highest BCUT2D eigenvalue weighted by atomic mass is 32.1. The van der Waals surface area contributed by atoms with E-state index in [1.165, 1.54) is 23.5 Å². The number of pyridine rings is 1. The molecule has 1 aliphatic heterocycles. The van der Waals surface area contributed by atoms with Gasteiger partial charge in [0.05, 0.1) is 17.4 Å². The van der Waals surface area contributed by atoms with E-state index in [2.05, 4.69) is 20.0 Å². The van der Waals surface area contributed by atoms with Gasteiger partial charge in [-0.05, 0) is 54.8 Å². The first kappa shape index (κ1) is 23.9. The fourth-order valence-electron chi connectivity index (χ4n) is 4.37. The predicted octanol–water partition coefficient (Wildman–Crippen LogP) is 5.88. The third-order valence-corrected chi connectivity index (χ3v) is 6.68. The Hall–Kier alpha value is -3.86. The maximum absolute atomic E-state index is 13.0. The molecule has 0 aliphatic carbocycles. The molecule has 1 saturated heterocycles. The SMILES string of the molecule is O=C(Nc1nc(C2CCCN2c2ccccc2OC(F)(F)F)cs1)c1cccn1Cc1ccncc1. The number of thiazole rings is 1. The molecular weight excluding hydrogens is 491 g/mol. The van der Waals surface area contributed by atoms with E-state index in [1.807, 2.05) is 33.2 Å². The van der Waals surface area contributed by atoms with Gasteiger partial charge in [0.1, 0.15) is 5.69 Å². The summed E-state index contributed by atoms with van der Waals surface area (Å²) in [6, 6.07) is 13.2. The molecule has 0 saturated carbocycles. The van der Waals surface area contributed by atoms with E-state index in [9.17, 15) is 18.0 Å². The number of halogens is 3. The summed E-state index contributed by atoms with van der Waals surface area (Å²) in [6.07, 6.45) is 1.99. The number of anilines is 2. The molecule has 1 aliphatic rings. The molecule has 36 heavy (non-hydrogen) atoms. The molecule has 0 radical (unpaired) electrons. The molecule has 7 nitrogen and oxygen atoms in total. The van der Waals surface area contributed by atoms with Crippen LogP contribution < -0.4 is 15.0 Å². The molecule has 4 heterocycles. The minimum absolute atomic E-state index is 0.222. The van der Waals surface area contributed by atoms with Crippen LogP contribution in [0.3, 0.4) is 0 Å². The summed E-state index contributed by atoms with van der Waals surface area (Å²) in [5.74, 6) is -0.530. The molecule has 1 atom stereocenters. The minimum Gasteiger partial charge on any atom is -0.404 e. The molecule has 1 amide bonds. The van der Waals surface area contributed by atoms with Crippen LogP contribution in [0.4, 0.5) is 24.0 Å². The molecule has 11 heteroatoms. The third-order valence-electron chi connectivity index (χ3n) is 5.90. The lowest BCUT2D eigenvalue weighted by molar-refractivity contribution is -0.274. The van der Waals surface area contributed by atoms with Crippen molar-refractivity contribution in [2.24, 2.45) is 0 Å². The first-order valence-corrected chi connectivity index (χ1v) is 12.2. The standard InChI is InChI=1S/C25H22F3N5O2S/c26-25(27,28)35-22-8-2-1-5-20(22)33-14-4-6-19(33)18-16-36-24(30-18)31-23(34)21-7-3-13-32(21)15-17-9-11-29-12-10-17/h1-3,5,7-13,16,19H,4,6,14-15H2,(H,30,31,34). The second-order valence-electron chi connectivity index (χ2n) is 8.28. The van der Waals surface area contributed by atoms with E-state index in [0.29, 0.717) is 35.3 Å². The van der Waals surface area contributed by atoms with Gasteiger partial charge in [0.15, 0.2) is 10.9 Å². The third kappa shape index (κ3) is 5.35. The van der Waals surface area contributed by atoms with Crippen LogP contribution in [-0.2, 0) is 6.54 Å². The number of ether oxygens (including phenoxy) is 1. The summed E-state index contributed by atoms with van der Waals surface area (Å²) in [5.41, 5.74) is 2.57. The Labute approximate surface area is 209 Å². The number of hydrogen-bond donors (Lipinski definition) is 1. The number of nitrogens with one attached hydrogen (secondary N) is 1. The summed E-state index contributed by atoms with van der Waals surface area (Å²) in [6.45, 7) is 1.10. The van der Waals surface area contributed by atoms with Crippen molar-refractivity contribution in [1.82, 2.24) is 14.5 Å². The lowest BCUT2D eigenvalue weighted by Crippen LogP contribution is -2.25. The van der Waals surface area contributed by atoms with Gasteiger partial charge in [0.2, 0.25) is 0 Å². The number of alkyl halides is 3. The van der Waals surface area contributed by atoms with Gasteiger partial charge < -0.3 is 14.2 Å². The van der Waals surface area contributed by atoms with Crippen molar-refractivity contribution in [3.05, 3.63) is 89.5 Å². The highest BCUT2D eigenvalue weighted by molar-refractivity contribution is 7.14. The van der Waals surface area contributed by atoms with Gasteiger partial charge >= 0.3 is 6.36 Å². The number of amides is 1. The zero-order valence-electron chi connectivity index (χ0n) is 19.0. The van der Waals surface area contributed by atoms with Crippen LogP contribution >= 0.6 is 11.3 Å². The van der Waals surface area contributed by atoms with Gasteiger partial charge in [0, 0.05) is 37.1 Å². The second kappa shape index (κ2) is 10.0. The van der Waals surface area contributed by atoms with E-state index in [-0.39, 0.29) is 17.7 Å². The van der Waals surface area contributed by atoms with Crippen molar-refractivity contribution >= 4 is 28.1 Å². The number of nitrogens with zero attached hydrogens (tertiary/aromatic N) is 4. The van der Waals surface area contributed by atoms with Crippen molar-refractivity contribution in [2.45, 2.75) is 31.8 Å². The molecule has 186 valence electrons. The Morgan fingerprint density at radius 2 is 1.94 bits per heavy atom. The number of rotatable bonds is 7. The van der Waals surface area contributed by atoms with Crippen LogP contribution in [-0.4, -0.2) is 33.3 Å². The summed E-state index contributed by atoms with van der Waals surface area (Å²) in [5, 5.41) is 5.12. The molecule has 1 fully saturated rings. The lowest BCUT2D eigenvalue weighted by atomic mass is 10.1. The van der Waals surface area contributed by atoms with Crippen LogP contribution in [0.2, 0.25) is 0 Å². The zero-order chi connectivity index (χ0) is 25.1. The van der Waals surface area contributed by atoms with E-state index >= 15 is 0 Å². The first-order valence-electron chi connectivity index (χ1n) is 11.3. The number of carbonyl (C=O) groups is 1. The molecule has 4 aromatic rings. The van der Waals surface area contributed by atoms with Crippen molar-refractivity contribution in [2.75, 3.05) is 16.8 Å². The van der Waals surface area contributed by atoms with Gasteiger partial charge in [-0.3, -0.25) is 15.1 Å². The van der Waals surface area contributed by atoms with Crippen molar-refractivity contribution in [3.63, 3.8) is 0 Å². The number of carbonyl (C=O) groups excluding carboxylic acids is 1. The van der Waals surface area contributed by atoms with Gasteiger partial charge in [-0.15, -0.1) is 24.5 Å². The summed E-state index contributed by atoms with van der Waals surface area (Å²) in [7, 11) is 0. The van der Waals surface area contributed by atoms with Crippen LogP contribution in [0.15, 0.2) is 72.5 Å². The fraction of sp³-hybridized carbons (Fsp3) is 0.240. The Morgan fingerprint density at radius 1 is 1.14 bits per heavy atom. The van der Waals surface area contributed by atoms with Crippen LogP contribution in [0.25, 0.3) is 0 Å². The number of para-hydroxylation sites is 2. The normalized spacial score (nSPS) is 15.8. The minimum atomic E-state index is -4.78. The topological polar surface area (TPSA) is 72.3 Å². The summed E-state index contributed by atoms with van der Waals surface area (Å²) >= 11 is 1.28. The maximum atomic E-state index is 13.0. The summed E-state index contributed by atoms with van der Waals surface area (Å²) in [4.78, 5) is 23.5. The maximum Gasteiger partial charge on any atom is 0.573 e. The lowest BCUT2D eigenvalue weighted by Gasteiger charge is -2.27. The molecule has 1 unspecified atom stereocenters. The fourth-order valence-corrected chi connectivity index (χ4v) is 5.12. The quantitative estimate of drug-likeness (QED) is 0.334.